The average Bonchev–Trinajstić information content (AvgIpc) is 3.23. The zero-order valence-electron chi connectivity index (χ0n) is 11.4. The quantitative estimate of drug-likeness (QED) is 0.737. The van der Waals surface area contributed by atoms with Crippen LogP contribution in [0.25, 0.3) is 11.1 Å². The second-order valence-electron chi connectivity index (χ2n) is 5.46. The van der Waals surface area contributed by atoms with E-state index in [4.69, 9.17) is 23.2 Å². The smallest absolute Gasteiger partial charge is 0.140 e. The topological polar surface area (TPSA) is 17.1 Å². The minimum atomic E-state index is -0.461. The van der Waals surface area contributed by atoms with Crippen LogP contribution >= 0.6 is 23.2 Å². The Labute approximate surface area is 132 Å². The molecule has 0 heterocycles. The number of hydrogen-bond donors (Lipinski definition) is 0. The Balaban J connectivity index is 2.02. The van der Waals surface area contributed by atoms with Crippen molar-refractivity contribution in [1.29, 1.82) is 0 Å². The number of hydrogen-bond acceptors (Lipinski definition) is 1. The third-order valence-corrected chi connectivity index (χ3v) is 4.92. The van der Waals surface area contributed by atoms with E-state index in [-0.39, 0.29) is 11.6 Å². The molecule has 3 rings (SSSR count). The molecule has 21 heavy (non-hydrogen) atoms. The van der Waals surface area contributed by atoms with Crippen molar-refractivity contribution < 1.29 is 9.18 Å². The third-order valence-electron chi connectivity index (χ3n) is 4.18. The lowest BCUT2D eigenvalue weighted by Crippen LogP contribution is -2.17. The first-order valence-electron chi connectivity index (χ1n) is 6.70. The number of rotatable bonds is 3. The van der Waals surface area contributed by atoms with Gasteiger partial charge in [-0.1, -0.05) is 41.4 Å². The average molecular weight is 323 g/mol. The van der Waals surface area contributed by atoms with Crippen LogP contribution in [0.15, 0.2) is 36.4 Å². The highest BCUT2D eigenvalue weighted by molar-refractivity contribution is 6.42. The van der Waals surface area contributed by atoms with Crippen molar-refractivity contribution in [3.63, 3.8) is 0 Å². The summed E-state index contributed by atoms with van der Waals surface area (Å²) in [5, 5.41) is 0.825. The van der Waals surface area contributed by atoms with E-state index < -0.39 is 5.41 Å². The summed E-state index contributed by atoms with van der Waals surface area (Å²) in [6.07, 6.45) is 1.60. The fourth-order valence-electron chi connectivity index (χ4n) is 2.68. The summed E-state index contributed by atoms with van der Waals surface area (Å²) in [7, 11) is 0. The highest BCUT2D eigenvalue weighted by Crippen LogP contribution is 2.49. The number of Topliss-reactive ketones (excluding diaryl/α,β-unsaturated/α-hetero) is 1. The molecule has 0 saturated heterocycles. The normalized spacial score (nSPS) is 15.8. The van der Waals surface area contributed by atoms with Gasteiger partial charge in [-0.3, -0.25) is 4.79 Å². The zero-order chi connectivity index (χ0) is 15.2. The fourth-order valence-corrected chi connectivity index (χ4v) is 2.98. The molecule has 1 saturated carbocycles. The minimum absolute atomic E-state index is 0.101. The molecule has 1 aliphatic carbocycles. The summed E-state index contributed by atoms with van der Waals surface area (Å²) in [5.41, 5.74) is 1.42. The van der Waals surface area contributed by atoms with Crippen LogP contribution in [0.1, 0.15) is 25.3 Å². The summed E-state index contributed by atoms with van der Waals surface area (Å²) in [5.74, 6) is -0.248. The number of ketones is 1. The highest BCUT2D eigenvalue weighted by Gasteiger charge is 2.48. The van der Waals surface area contributed by atoms with Crippen molar-refractivity contribution >= 4 is 29.0 Å². The van der Waals surface area contributed by atoms with E-state index in [1.165, 1.54) is 6.07 Å². The van der Waals surface area contributed by atoms with Gasteiger partial charge in [0.25, 0.3) is 0 Å². The molecule has 108 valence electrons. The maximum atomic E-state index is 14.4. The van der Waals surface area contributed by atoms with E-state index in [0.717, 1.165) is 18.4 Å². The number of halogens is 3. The van der Waals surface area contributed by atoms with Crippen molar-refractivity contribution in [2.24, 2.45) is 0 Å². The Morgan fingerprint density at radius 3 is 2.33 bits per heavy atom. The van der Waals surface area contributed by atoms with E-state index >= 15 is 0 Å². The monoisotopic (exact) mass is 322 g/mol. The molecule has 0 radical (unpaired) electrons. The van der Waals surface area contributed by atoms with Crippen LogP contribution < -0.4 is 0 Å². The van der Waals surface area contributed by atoms with Crippen LogP contribution in [0.2, 0.25) is 10.0 Å². The summed E-state index contributed by atoms with van der Waals surface area (Å²) < 4.78 is 14.4. The molecule has 4 heteroatoms. The molecular weight excluding hydrogens is 310 g/mol. The van der Waals surface area contributed by atoms with Crippen molar-refractivity contribution in [3.8, 4) is 11.1 Å². The van der Waals surface area contributed by atoms with E-state index in [9.17, 15) is 9.18 Å². The first-order valence-corrected chi connectivity index (χ1v) is 7.46. The lowest BCUT2D eigenvalue weighted by molar-refractivity contribution is -0.119. The summed E-state index contributed by atoms with van der Waals surface area (Å²) in [6, 6.07) is 10.0. The Kier molecular flexibility index (Phi) is 3.54. The molecule has 0 bridgehead atoms. The van der Waals surface area contributed by atoms with Gasteiger partial charge in [-0.25, -0.2) is 4.39 Å². The van der Waals surface area contributed by atoms with Crippen LogP contribution in [-0.2, 0) is 10.2 Å². The number of carbonyl (C=O) groups excluding carboxylic acids is 1. The fraction of sp³-hybridized carbons (Fsp3) is 0.235. The van der Waals surface area contributed by atoms with Gasteiger partial charge in [-0.2, -0.15) is 0 Å². The first kappa shape index (κ1) is 14.6. The van der Waals surface area contributed by atoms with Gasteiger partial charge in [0.1, 0.15) is 11.6 Å². The predicted molar refractivity (Wildman–Crippen MR) is 83.4 cm³/mol. The van der Waals surface area contributed by atoms with Gasteiger partial charge in [-0.05, 0) is 49.1 Å². The van der Waals surface area contributed by atoms with E-state index in [1.54, 1.807) is 31.2 Å². The Bertz CT molecular complexity index is 736. The van der Waals surface area contributed by atoms with Crippen LogP contribution in [0.3, 0.4) is 0 Å². The molecule has 0 aromatic heterocycles. The van der Waals surface area contributed by atoms with Gasteiger partial charge in [-0.15, -0.1) is 0 Å². The standard InChI is InChI=1S/C17H13Cl2FO/c1-10(21)17(6-7-17)12-3-4-13(16(20)9-12)11-2-5-14(18)15(19)8-11/h2-5,8-9H,6-7H2,1H3. The number of carbonyl (C=O) groups is 1. The second-order valence-corrected chi connectivity index (χ2v) is 6.28. The van der Waals surface area contributed by atoms with Gasteiger partial charge in [0.15, 0.2) is 0 Å². The van der Waals surface area contributed by atoms with Crippen molar-refractivity contribution in [1.82, 2.24) is 0 Å². The van der Waals surface area contributed by atoms with E-state index in [1.807, 2.05) is 6.07 Å². The zero-order valence-corrected chi connectivity index (χ0v) is 12.9. The molecule has 2 aromatic carbocycles. The molecular formula is C17H13Cl2FO. The molecule has 0 N–H and O–H groups in total. The van der Waals surface area contributed by atoms with Gasteiger partial charge < -0.3 is 0 Å². The lowest BCUT2D eigenvalue weighted by Gasteiger charge is -2.13. The number of benzene rings is 2. The predicted octanol–water partition coefficient (Wildman–Crippen LogP) is 5.42. The second kappa shape index (κ2) is 5.11. The summed E-state index contributed by atoms with van der Waals surface area (Å²) in [4.78, 5) is 11.7. The lowest BCUT2D eigenvalue weighted by atomic mass is 9.90. The van der Waals surface area contributed by atoms with Crippen molar-refractivity contribution in [2.75, 3.05) is 0 Å². The third kappa shape index (κ3) is 2.47. The molecule has 0 unspecified atom stereocenters. The van der Waals surface area contributed by atoms with Gasteiger partial charge >= 0.3 is 0 Å². The van der Waals surface area contributed by atoms with Crippen LogP contribution in [0, 0.1) is 5.82 Å². The molecule has 0 spiro atoms. The van der Waals surface area contributed by atoms with Gasteiger partial charge in [0.05, 0.1) is 15.5 Å². The van der Waals surface area contributed by atoms with Gasteiger partial charge in [0, 0.05) is 5.56 Å². The molecule has 1 fully saturated rings. The highest BCUT2D eigenvalue weighted by atomic mass is 35.5. The minimum Gasteiger partial charge on any atom is -0.299 e. The van der Waals surface area contributed by atoms with E-state index in [2.05, 4.69) is 0 Å². The van der Waals surface area contributed by atoms with Crippen molar-refractivity contribution in [2.45, 2.75) is 25.2 Å². The molecule has 1 nitrogen and oxygen atoms in total. The Hall–Kier alpha value is -1.38. The summed E-state index contributed by atoms with van der Waals surface area (Å²) >= 11 is 11.8. The van der Waals surface area contributed by atoms with Crippen LogP contribution in [0.4, 0.5) is 4.39 Å². The maximum Gasteiger partial charge on any atom is 0.140 e. The first-order chi connectivity index (χ1) is 9.94. The maximum absolute atomic E-state index is 14.4. The van der Waals surface area contributed by atoms with Crippen LogP contribution in [-0.4, -0.2) is 5.78 Å². The SMILES string of the molecule is CC(=O)C1(c2ccc(-c3ccc(Cl)c(Cl)c3)c(F)c2)CC1. The molecule has 1 aliphatic rings. The van der Waals surface area contributed by atoms with Gasteiger partial charge in [0.2, 0.25) is 0 Å². The summed E-state index contributed by atoms with van der Waals surface area (Å²) in [6.45, 7) is 1.57. The van der Waals surface area contributed by atoms with E-state index in [0.29, 0.717) is 21.2 Å². The molecule has 0 atom stereocenters. The molecule has 0 amide bonds. The van der Waals surface area contributed by atoms with Crippen molar-refractivity contribution in [3.05, 3.63) is 57.8 Å². The van der Waals surface area contributed by atoms with Crippen LogP contribution in [0.5, 0.6) is 0 Å². The largest absolute Gasteiger partial charge is 0.299 e. The Morgan fingerprint density at radius 1 is 1.10 bits per heavy atom. The molecule has 2 aromatic rings. The Morgan fingerprint density at radius 2 is 1.81 bits per heavy atom. The molecule has 0 aliphatic heterocycles.